The number of hydrogen-bond acceptors (Lipinski definition) is 4. The van der Waals surface area contributed by atoms with Crippen LogP contribution in [0.5, 0.6) is 0 Å². The number of hydrogen-bond donors (Lipinski definition) is 2. The van der Waals surface area contributed by atoms with E-state index >= 15 is 0 Å². The fourth-order valence-corrected chi connectivity index (χ4v) is 1.24. The molecular weight excluding hydrogens is 218 g/mol. The third-order valence-corrected chi connectivity index (χ3v) is 2.22. The Morgan fingerprint density at radius 3 is 2.59 bits per heavy atom. The van der Waals surface area contributed by atoms with Gasteiger partial charge in [-0.2, -0.15) is 5.10 Å². The number of aromatic nitrogens is 3. The van der Waals surface area contributed by atoms with Crippen LogP contribution < -0.4 is 5.32 Å². The largest absolute Gasteiger partial charge is 0.337 e. The first kappa shape index (κ1) is 13.6. The Morgan fingerprint density at radius 2 is 2.12 bits per heavy atom. The zero-order valence-corrected chi connectivity index (χ0v) is 11.2. The normalized spacial score (nSPS) is 11.6. The zero-order chi connectivity index (χ0) is 13.1. The van der Waals surface area contributed by atoms with E-state index in [1.54, 1.807) is 11.9 Å². The summed E-state index contributed by atoms with van der Waals surface area (Å²) in [5.41, 5.74) is -0.0579. The Balaban J connectivity index is 2.42. The molecule has 6 nitrogen and oxygen atoms in total. The van der Waals surface area contributed by atoms with Gasteiger partial charge in [-0.3, -0.25) is 9.89 Å². The molecule has 1 heterocycles. The maximum Gasteiger partial charge on any atom is 0.236 e. The molecular formula is C11H21N5O. The van der Waals surface area contributed by atoms with E-state index in [1.807, 2.05) is 27.7 Å². The van der Waals surface area contributed by atoms with Gasteiger partial charge in [0.05, 0.1) is 13.1 Å². The van der Waals surface area contributed by atoms with Crippen LogP contribution in [0.3, 0.4) is 0 Å². The van der Waals surface area contributed by atoms with Crippen LogP contribution in [-0.4, -0.2) is 45.1 Å². The first-order chi connectivity index (χ1) is 7.78. The van der Waals surface area contributed by atoms with Crippen LogP contribution in [0.25, 0.3) is 0 Å². The van der Waals surface area contributed by atoms with Crippen molar-refractivity contribution in [1.82, 2.24) is 25.4 Å². The molecule has 0 saturated heterocycles. The maximum absolute atomic E-state index is 11.8. The van der Waals surface area contributed by atoms with Gasteiger partial charge in [0.2, 0.25) is 5.91 Å². The lowest BCUT2D eigenvalue weighted by Crippen LogP contribution is -2.43. The number of amides is 1. The van der Waals surface area contributed by atoms with Gasteiger partial charge in [-0.05, 0) is 27.7 Å². The molecule has 0 saturated carbocycles. The van der Waals surface area contributed by atoms with Gasteiger partial charge in [-0.1, -0.05) is 0 Å². The molecule has 0 atom stereocenters. The number of H-pyrrole nitrogens is 1. The second kappa shape index (κ2) is 5.27. The Kier molecular flexibility index (Phi) is 4.22. The summed E-state index contributed by atoms with van der Waals surface area (Å²) in [4.78, 5) is 17.6. The topological polar surface area (TPSA) is 73.9 Å². The first-order valence-electron chi connectivity index (χ1n) is 5.65. The van der Waals surface area contributed by atoms with E-state index in [2.05, 4.69) is 20.5 Å². The molecule has 0 unspecified atom stereocenters. The summed E-state index contributed by atoms with van der Waals surface area (Å²) in [5.74, 6) is 1.42. The van der Waals surface area contributed by atoms with E-state index in [0.717, 1.165) is 5.82 Å². The number of aromatic amines is 1. The molecule has 1 aromatic rings. The minimum Gasteiger partial charge on any atom is -0.337 e. The summed E-state index contributed by atoms with van der Waals surface area (Å²) in [6, 6.07) is 0. The predicted molar refractivity (Wildman–Crippen MR) is 65.3 cm³/mol. The van der Waals surface area contributed by atoms with Gasteiger partial charge >= 0.3 is 0 Å². The molecule has 0 bridgehead atoms. The minimum absolute atomic E-state index is 0.0300. The van der Waals surface area contributed by atoms with Crippen LogP contribution >= 0.6 is 0 Å². The van der Waals surface area contributed by atoms with Gasteiger partial charge < -0.3 is 10.2 Å². The minimum atomic E-state index is -0.0579. The van der Waals surface area contributed by atoms with Crippen molar-refractivity contribution >= 4 is 5.91 Å². The molecule has 0 radical (unpaired) electrons. The quantitative estimate of drug-likeness (QED) is 0.800. The molecule has 0 fully saturated rings. The van der Waals surface area contributed by atoms with Crippen LogP contribution in [0.2, 0.25) is 0 Å². The molecule has 0 spiro atoms. The molecule has 0 aromatic carbocycles. The van der Waals surface area contributed by atoms with Crippen molar-refractivity contribution in [2.75, 3.05) is 13.6 Å². The van der Waals surface area contributed by atoms with Crippen molar-refractivity contribution < 1.29 is 4.79 Å². The predicted octanol–water partition coefficient (Wildman–Crippen LogP) is 0.460. The van der Waals surface area contributed by atoms with Crippen LogP contribution in [0.4, 0.5) is 0 Å². The highest BCUT2D eigenvalue weighted by Crippen LogP contribution is 2.00. The van der Waals surface area contributed by atoms with Gasteiger partial charge in [0.25, 0.3) is 0 Å². The van der Waals surface area contributed by atoms with E-state index in [-0.39, 0.29) is 11.4 Å². The second-order valence-corrected chi connectivity index (χ2v) is 5.19. The van der Waals surface area contributed by atoms with Gasteiger partial charge in [0.15, 0.2) is 5.82 Å². The third kappa shape index (κ3) is 4.95. The van der Waals surface area contributed by atoms with E-state index < -0.39 is 0 Å². The number of carbonyl (C=O) groups is 1. The molecule has 0 aliphatic carbocycles. The van der Waals surface area contributed by atoms with Gasteiger partial charge in [0.1, 0.15) is 5.82 Å². The number of likely N-dealkylation sites (N-methyl/N-ethyl adjacent to an activating group) is 1. The van der Waals surface area contributed by atoms with Gasteiger partial charge in [-0.15, -0.1) is 0 Å². The molecule has 17 heavy (non-hydrogen) atoms. The Bertz CT molecular complexity index is 379. The molecule has 2 N–H and O–H groups in total. The molecule has 6 heteroatoms. The Labute approximate surface area is 102 Å². The summed E-state index contributed by atoms with van der Waals surface area (Å²) < 4.78 is 0. The number of nitrogens with one attached hydrogen (secondary N) is 2. The van der Waals surface area contributed by atoms with Gasteiger partial charge in [-0.25, -0.2) is 4.98 Å². The van der Waals surface area contributed by atoms with Crippen LogP contribution in [0.15, 0.2) is 0 Å². The summed E-state index contributed by atoms with van der Waals surface area (Å²) in [6.45, 7) is 8.66. The molecule has 96 valence electrons. The summed E-state index contributed by atoms with van der Waals surface area (Å²) in [6.07, 6.45) is 0. The zero-order valence-electron chi connectivity index (χ0n) is 11.2. The lowest BCUT2D eigenvalue weighted by molar-refractivity contribution is -0.129. The molecule has 1 amide bonds. The highest BCUT2D eigenvalue weighted by Gasteiger charge is 2.15. The fourth-order valence-electron chi connectivity index (χ4n) is 1.24. The van der Waals surface area contributed by atoms with E-state index in [0.29, 0.717) is 18.9 Å². The summed E-state index contributed by atoms with van der Waals surface area (Å²) >= 11 is 0. The second-order valence-electron chi connectivity index (χ2n) is 5.19. The number of aryl methyl sites for hydroxylation is 1. The van der Waals surface area contributed by atoms with Crippen LogP contribution in [0, 0.1) is 6.92 Å². The standard InChI is InChI=1S/C11H21N5O/c1-8-13-9(15-14-8)7-16(5)10(17)6-12-11(2,3)4/h12H,6-7H2,1-5H3,(H,13,14,15). The van der Waals surface area contributed by atoms with E-state index in [1.165, 1.54) is 0 Å². The van der Waals surface area contributed by atoms with Crippen LogP contribution in [-0.2, 0) is 11.3 Å². The monoisotopic (exact) mass is 239 g/mol. The molecule has 0 aliphatic heterocycles. The van der Waals surface area contributed by atoms with Crippen molar-refractivity contribution in [2.24, 2.45) is 0 Å². The summed E-state index contributed by atoms with van der Waals surface area (Å²) in [7, 11) is 1.75. The Hall–Kier alpha value is -1.43. The maximum atomic E-state index is 11.8. The molecule has 1 aromatic heterocycles. The highest BCUT2D eigenvalue weighted by atomic mass is 16.2. The number of rotatable bonds is 4. The lowest BCUT2D eigenvalue weighted by atomic mass is 10.1. The Morgan fingerprint density at radius 1 is 1.47 bits per heavy atom. The van der Waals surface area contributed by atoms with E-state index in [9.17, 15) is 4.79 Å². The third-order valence-electron chi connectivity index (χ3n) is 2.22. The molecule has 0 aliphatic rings. The smallest absolute Gasteiger partial charge is 0.236 e. The van der Waals surface area contributed by atoms with Crippen LogP contribution in [0.1, 0.15) is 32.4 Å². The van der Waals surface area contributed by atoms with Crippen molar-refractivity contribution in [3.05, 3.63) is 11.6 Å². The van der Waals surface area contributed by atoms with Crippen molar-refractivity contribution in [1.29, 1.82) is 0 Å². The average molecular weight is 239 g/mol. The van der Waals surface area contributed by atoms with E-state index in [4.69, 9.17) is 0 Å². The van der Waals surface area contributed by atoms with Crippen molar-refractivity contribution in [3.8, 4) is 0 Å². The first-order valence-corrected chi connectivity index (χ1v) is 5.65. The number of carbonyl (C=O) groups excluding carboxylic acids is 1. The SMILES string of the molecule is Cc1nc(CN(C)C(=O)CNC(C)(C)C)n[nH]1. The fraction of sp³-hybridized carbons (Fsp3) is 0.727. The highest BCUT2D eigenvalue weighted by molar-refractivity contribution is 5.77. The van der Waals surface area contributed by atoms with Gasteiger partial charge in [0, 0.05) is 12.6 Å². The van der Waals surface area contributed by atoms with Crippen molar-refractivity contribution in [3.63, 3.8) is 0 Å². The summed E-state index contributed by atoms with van der Waals surface area (Å²) in [5, 5.41) is 9.90. The molecule has 1 rings (SSSR count). The number of nitrogens with zero attached hydrogens (tertiary/aromatic N) is 3. The lowest BCUT2D eigenvalue weighted by Gasteiger charge is -2.22. The average Bonchev–Trinajstić information content (AvgIpc) is 2.59. The van der Waals surface area contributed by atoms with Crippen molar-refractivity contribution in [2.45, 2.75) is 39.8 Å².